The third kappa shape index (κ3) is 2.68. The van der Waals surface area contributed by atoms with Crippen molar-refractivity contribution in [3.8, 4) is 0 Å². The highest BCUT2D eigenvalue weighted by atomic mass is 35.5. The zero-order valence-corrected chi connectivity index (χ0v) is 10.4. The van der Waals surface area contributed by atoms with Gasteiger partial charge in [0.25, 0.3) is 0 Å². The van der Waals surface area contributed by atoms with Gasteiger partial charge in [-0.3, -0.25) is 4.90 Å². The fraction of sp³-hybridized carbons (Fsp3) is 0.500. The number of hydrogen-bond acceptors (Lipinski definition) is 1. The van der Waals surface area contributed by atoms with E-state index in [2.05, 4.69) is 4.90 Å². The minimum atomic E-state index is -0.360. The molecular weight excluding hydrogens is 248 g/mol. The number of hydrogen-bond donors (Lipinski definition) is 0. The van der Waals surface area contributed by atoms with E-state index in [1.54, 1.807) is 12.1 Å². The van der Waals surface area contributed by atoms with Crippen molar-refractivity contribution in [3.63, 3.8) is 0 Å². The Balaban J connectivity index is 2.05. The van der Waals surface area contributed by atoms with E-state index in [1.165, 1.54) is 12.5 Å². The van der Waals surface area contributed by atoms with Crippen molar-refractivity contribution in [1.82, 2.24) is 4.90 Å². The van der Waals surface area contributed by atoms with E-state index in [1.807, 2.05) is 0 Å². The molecule has 0 N–H and O–H groups in total. The van der Waals surface area contributed by atoms with Gasteiger partial charge < -0.3 is 0 Å². The Morgan fingerprint density at radius 2 is 2.25 bits per heavy atom. The average Bonchev–Trinajstić information content (AvgIpc) is 2.71. The van der Waals surface area contributed by atoms with E-state index in [9.17, 15) is 4.39 Å². The number of likely N-dealkylation sites (tertiary alicyclic amines) is 1. The minimum Gasteiger partial charge on any atom is -0.295 e. The third-order valence-electron chi connectivity index (χ3n) is 3.05. The molecular formula is C12H14Cl2FN. The Hall–Kier alpha value is -0.310. The lowest BCUT2D eigenvalue weighted by molar-refractivity contribution is 0.263. The van der Waals surface area contributed by atoms with Crippen molar-refractivity contribution >= 4 is 23.2 Å². The van der Waals surface area contributed by atoms with Gasteiger partial charge in [-0.15, -0.1) is 11.6 Å². The largest absolute Gasteiger partial charge is 0.295 e. The van der Waals surface area contributed by atoms with Crippen LogP contribution < -0.4 is 0 Å². The molecule has 1 heterocycles. The van der Waals surface area contributed by atoms with Crippen LogP contribution in [0.1, 0.15) is 18.4 Å². The second-order valence-electron chi connectivity index (χ2n) is 4.17. The maximum atomic E-state index is 13.0. The van der Waals surface area contributed by atoms with Crippen molar-refractivity contribution in [3.05, 3.63) is 34.6 Å². The lowest BCUT2D eigenvalue weighted by atomic mass is 10.2. The number of benzene rings is 1. The summed E-state index contributed by atoms with van der Waals surface area (Å²) >= 11 is 11.6. The normalized spacial score (nSPS) is 21.6. The fourth-order valence-corrected chi connectivity index (χ4v) is 2.70. The third-order valence-corrected chi connectivity index (χ3v) is 3.69. The molecule has 0 amide bonds. The smallest absolute Gasteiger partial charge is 0.141 e. The first-order valence-electron chi connectivity index (χ1n) is 5.44. The van der Waals surface area contributed by atoms with Crippen LogP contribution in [0.5, 0.6) is 0 Å². The summed E-state index contributed by atoms with van der Waals surface area (Å²) in [7, 11) is 0. The van der Waals surface area contributed by atoms with Gasteiger partial charge in [-0.25, -0.2) is 4.39 Å². The molecule has 4 heteroatoms. The SMILES string of the molecule is Fc1ccc(CN2CCCC2CCl)cc1Cl. The first-order valence-corrected chi connectivity index (χ1v) is 6.36. The standard InChI is InChI=1S/C12H14Cl2FN/c13-7-10-2-1-5-16(10)8-9-3-4-12(15)11(14)6-9/h3-4,6,10H,1-2,5,7-8H2. The molecule has 1 unspecified atom stereocenters. The van der Waals surface area contributed by atoms with Crippen LogP contribution >= 0.6 is 23.2 Å². The van der Waals surface area contributed by atoms with Gasteiger partial charge in [0.05, 0.1) is 5.02 Å². The summed E-state index contributed by atoms with van der Waals surface area (Å²) in [5.41, 5.74) is 1.04. The maximum Gasteiger partial charge on any atom is 0.141 e. The van der Waals surface area contributed by atoms with Crippen molar-refractivity contribution < 1.29 is 4.39 Å². The van der Waals surface area contributed by atoms with E-state index in [4.69, 9.17) is 23.2 Å². The van der Waals surface area contributed by atoms with E-state index in [0.29, 0.717) is 11.9 Å². The van der Waals surface area contributed by atoms with Crippen LogP contribution in [-0.2, 0) is 6.54 Å². The predicted octanol–water partition coefficient (Wildman–Crippen LogP) is 3.68. The summed E-state index contributed by atoms with van der Waals surface area (Å²) in [6, 6.07) is 5.35. The molecule has 1 saturated heterocycles. The van der Waals surface area contributed by atoms with Gasteiger partial charge in [0.15, 0.2) is 0 Å². The van der Waals surface area contributed by atoms with Gasteiger partial charge in [-0.1, -0.05) is 17.7 Å². The molecule has 1 atom stereocenters. The van der Waals surface area contributed by atoms with Gasteiger partial charge in [-0.2, -0.15) is 0 Å². The second-order valence-corrected chi connectivity index (χ2v) is 4.89. The molecule has 1 nitrogen and oxygen atoms in total. The first-order chi connectivity index (χ1) is 7.70. The lowest BCUT2D eigenvalue weighted by Gasteiger charge is -2.22. The van der Waals surface area contributed by atoms with Crippen molar-refractivity contribution in [2.24, 2.45) is 0 Å². The Morgan fingerprint density at radius 1 is 1.44 bits per heavy atom. The molecule has 16 heavy (non-hydrogen) atoms. The van der Waals surface area contributed by atoms with Crippen LogP contribution in [0.2, 0.25) is 5.02 Å². The minimum absolute atomic E-state index is 0.194. The molecule has 1 fully saturated rings. The molecule has 1 aromatic carbocycles. The van der Waals surface area contributed by atoms with Crippen molar-refractivity contribution in [1.29, 1.82) is 0 Å². The summed E-state index contributed by atoms with van der Waals surface area (Å²) in [5, 5.41) is 0.194. The molecule has 1 aromatic rings. The topological polar surface area (TPSA) is 3.24 Å². The fourth-order valence-electron chi connectivity index (χ4n) is 2.15. The molecule has 0 bridgehead atoms. The molecule has 0 aliphatic carbocycles. The Bertz CT molecular complexity index is 370. The lowest BCUT2D eigenvalue weighted by Crippen LogP contribution is -2.30. The molecule has 1 aliphatic heterocycles. The highest BCUT2D eigenvalue weighted by molar-refractivity contribution is 6.30. The first kappa shape index (κ1) is 12.2. The average molecular weight is 262 g/mol. The molecule has 0 spiro atoms. The van der Waals surface area contributed by atoms with E-state index < -0.39 is 0 Å². The van der Waals surface area contributed by atoms with Crippen molar-refractivity contribution in [2.45, 2.75) is 25.4 Å². The van der Waals surface area contributed by atoms with Gasteiger partial charge in [0, 0.05) is 18.5 Å². The number of alkyl halides is 1. The van der Waals surface area contributed by atoms with Gasteiger partial charge in [0.2, 0.25) is 0 Å². The molecule has 1 aliphatic rings. The second kappa shape index (κ2) is 5.35. The molecule has 2 rings (SSSR count). The van der Waals surface area contributed by atoms with Crippen LogP contribution in [0.4, 0.5) is 4.39 Å². The van der Waals surface area contributed by atoms with Crippen LogP contribution in [0.25, 0.3) is 0 Å². The Morgan fingerprint density at radius 3 is 2.94 bits per heavy atom. The maximum absolute atomic E-state index is 13.0. The number of nitrogens with zero attached hydrogens (tertiary/aromatic N) is 1. The van der Waals surface area contributed by atoms with E-state index in [-0.39, 0.29) is 10.8 Å². The van der Waals surface area contributed by atoms with Gasteiger partial charge >= 0.3 is 0 Å². The van der Waals surface area contributed by atoms with Gasteiger partial charge in [-0.05, 0) is 37.1 Å². The van der Waals surface area contributed by atoms with Crippen LogP contribution in [0, 0.1) is 5.82 Å². The van der Waals surface area contributed by atoms with Gasteiger partial charge in [0.1, 0.15) is 5.82 Å². The monoisotopic (exact) mass is 261 g/mol. The molecule has 0 aromatic heterocycles. The zero-order valence-electron chi connectivity index (χ0n) is 8.93. The Labute approximate surface area is 105 Å². The Kier molecular flexibility index (Phi) is 4.06. The number of halogens is 3. The highest BCUT2D eigenvalue weighted by Gasteiger charge is 2.23. The summed E-state index contributed by atoms with van der Waals surface area (Å²) in [6.45, 7) is 1.86. The summed E-state index contributed by atoms with van der Waals surface area (Å²) < 4.78 is 13.0. The van der Waals surface area contributed by atoms with E-state index in [0.717, 1.165) is 25.1 Å². The molecule has 88 valence electrons. The quantitative estimate of drug-likeness (QED) is 0.751. The van der Waals surface area contributed by atoms with E-state index >= 15 is 0 Å². The highest BCUT2D eigenvalue weighted by Crippen LogP contribution is 2.23. The number of rotatable bonds is 3. The van der Waals surface area contributed by atoms with Crippen LogP contribution in [0.15, 0.2) is 18.2 Å². The summed E-state index contributed by atoms with van der Waals surface area (Å²) in [4.78, 5) is 2.33. The zero-order chi connectivity index (χ0) is 11.5. The van der Waals surface area contributed by atoms with Crippen LogP contribution in [0.3, 0.4) is 0 Å². The predicted molar refractivity (Wildman–Crippen MR) is 65.6 cm³/mol. The molecule has 0 saturated carbocycles. The summed E-state index contributed by atoms with van der Waals surface area (Å²) in [6.07, 6.45) is 2.34. The van der Waals surface area contributed by atoms with Crippen LogP contribution in [-0.4, -0.2) is 23.4 Å². The molecule has 0 radical (unpaired) electrons. The summed E-state index contributed by atoms with van der Waals surface area (Å²) in [5.74, 6) is 0.301. The van der Waals surface area contributed by atoms with Crippen molar-refractivity contribution in [2.75, 3.05) is 12.4 Å².